The third-order valence-corrected chi connectivity index (χ3v) is 3.98. The van der Waals surface area contributed by atoms with Crippen LogP contribution in [0, 0.1) is 13.8 Å². The predicted octanol–water partition coefficient (Wildman–Crippen LogP) is 2.89. The van der Waals surface area contributed by atoms with E-state index < -0.39 is 0 Å². The summed E-state index contributed by atoms with van der Waals surface area (Å²) in [7, 11) is 1.45. The van der Waals surface area contributed by atoms with Crippen LogP contribution in [0.3, 0.4) is 0 Å². The Labute approximate surface area is 158 Å². The maximum absolute atomic E-state index is 11.9. The van der Waals surface area contributed by atoms with E-state index in [-0.39, 0.29) is 30.4 Å². The molecule has 0 atom stereocenters. The van der Waals surface area contributed by atoms with Crippen molar-refractivity contribution in [1.29, 1.82) is 0 Å². The standard InChI is InChI=1S/C20H23N3O4/c1-13-4-6-16(10-14(13)2)22-19(25)8-9-20(26)23-21-12-15-5-7-17(24)18(11-15)27-3/h4-7,10-12,24H,8-9H2,1-3H3,(H,22,25)(H,23,26). The fourth-order valence-corrected chi connectivity index (χ4v) is 2.28. The van der Waals surface area contributed by atoms with Crippen molar-refractivity contribution in [2.24, 2.45) is 5.10 Å². The van der Waals surface area contributed by atoms with Gasteiger partial charge in [0.15, 0.2) is 11.5 Å². The molecule has 2 aromatic rings. The van der Waals surface area contributed by atoms with Gasteiger partial charge in [-0.15, -0.1) is 0 Å². The SMILES string of the molecule is COc1cc(C=NNC(=O)CCC(=O)Nc2ccc(C)c(C)c2)ccc1O. The zero-order chi connectivity index (χ0) is 19.8. The Morgan fingerprint density at radius 2 is 1.81 bits per heavy atom. The first-order valence-electron chi connectivity index (χ1n) is 8.45. The number of methoxy groups -OCH3 is 1. The lowest BCUT2D eigenvalue weighted by Crippen LogP contribution is -2.20. The summed E-state index contributed by atoms with van der Waals surface area (Å²) in [4.78, 5) is 23.7. The van der Waals surface area contributed by atoms with Gasteiger partial charge in [-0.1, -0.05) is 6.07 Å². The molecule has 142 valence electrons. The van der Waals surface area contributed by atoms with Crippen LogP contribution in [-0.2, 0) is 9.59 Å². The van der Waals surface area contributed by atoms with Gasteiger partial charge < -0.3 is 15.2 Å². The van der Waals surface area contributed by atoms with Gasteiger partial charge in [0.05, 0.1) is 13.3 Å². The Hall–Kier alpha value is -3.35. The van der Waals surface area contributed by atoms with Crippen molar-refractivity contribution in [1.82, 2.24) is 5.43 Å². The predicted molar refractivity (Wildman–Crippen MR) is 104 cm³/mol. The Kier molecular flexibility index (Phi) is 6.93. The number of phenols is 1. The van der Waals surface area contributed by atoms with Crippen molar-refractivity contribution in [3.63, 3.8) is 0 Å². The fourth-order valence-electron chi connectivity index (χ4n) is 2.28. The zero-order valence-electron chi connectivity index (χ0n) is 15.6. The van der Waals surface area contributed by atoms with Crippen LogP contribution in [0.5, 0.6) is 11.5 Å². The molecule has 0 saturated heterocycles. The number of aromatic hydroxyl groups is 1. The minimum atomic E-state index is -0.368. The van der Waals surface area contributed by atoms with Crippen LogP contribution in [0.1, 0.15) is 29.5 Å². The Morgan fingerprint density at radius 1 is 1.07 bits per heavy atom. The molecule has 7 nitrogen and oxygen atoms in total. The molecule has 0 aliphatic carbocycles. The monoisotopic (exact) mass is 369 g/mol. The number of amides is 2. The summed E-state index contributed by atoms with van der Waals surface area (Å²) in [5, 5.41) is 16.1. The molecular formula is C20H23N3O4. The molecule has 0 radical (unpaired) electrons. The summed E-state index contributed by atoms with van der Waals surface area (Å²) in [6.45, 7) is 3.97. The van der Waals surface area contributed by atoms with Gasteiger partial charge >= 0.3 is 0 Å². The van der Waals surface area contributed by atoms with E-state index in [0.717, 1.165) is 11.1 Å². The summed E-state index contributed by atoms with van der Waals surface area (Å²) < 4.78 is 5.00. The molecule has 2 rings (SSSR count). The highest BCUT2D eigenvalue weighted by atomic mass is 16.5. The third-order valence-electron chi connectivity index (χ3n) is 3.98. The smallest absolute Gasteiger partial charge is 0.240 e. The number of carbonyl (C=O) groups excluding carboxylic acids is 2. The maximum Gasteiger partial charge on any atom is 0.240 e. The minimum Gasteiger partial charge on any atom is -0.504 e. The molecule has 0 aliphatic rings. The van der Waals surface area contributed by atoms with Crippen molar-refractivity contribution in [2.75, 3.05) is 12.4 Å². The molecular weight excluding hydrogens is 346 g/mol. The second kappa shape index (κ2) is 9.38. The van der Waals surface area contributed by atoms with Crippen molar-refractivity contribution >= 4 is 23.7 Å². The van der Waals surface area contributed by atoms with Crippen LogP contribution in [0.2, 0.25) is 0 Å². The van der Waals surface area contributed by atoms with E-state index in [1.54, 1.807) is 12.1 Å². The van der Waals surface area contributed by atoms with E-state index in [1.807, 2.05) is 32.0 Å². The van der Waals surface area contributed by atoms with Crippen molar-refractivity contribution in [3.05, 3.63) is 53.1 Å². The Morgan fingerprint density at radius 3 is 2.52 bits per heavy atom. The van der Waals surface area contributed by atoms with E-state index in [4.69, 9.17) is 4.74 Å². The first-order valence-corrected chi connectivity index (χ1v) is 8.45. The number of hydrazone groups is 1. The van der Waals surface area contributed by atoms with Gasteiger partial charge in [-0.05, 0) is 60.9 Å². The number of benzene rings is 2. The summed E-state index contributed by atoms with van der Waals surface area (Å²) in [6, 6.07) is 10.3. The number of rotatable bonds is 7. The van der Waals surface area contributed by atoms with E-state index in [9.17, 15) is 14.7 Å². The van der Waals surface area contributed by atoms with Crippen LogP contribution in [0.25, 0.3) is 0 Å². The summed E-state index contributed by atoms with van der Waals surface area (Å²) in [5.41, 5.74) is 5.97. The average Bonchev–Trinajstić information content (AvgIpc) is 2.64. The first-order chi connectivity index (χ1) is 12.9. The van der Waals surface area contributed by atoms with Gasteiger partial charge in [0.25, 0.3) is 0 Å². The molecule has 0 saturated carbocycles. The van der Waals surface area contributed by atoms with Crippen molar-refractivity contribution < 1.29 is 19.4 Å². The number of anilines is 1. The van der Waals surface area contributed by atoms with E-state index in [0.29, 0.717) is 17.0 Å². The van der Waals surface area contributed by atoms with E-state index >= 15 is 0 Å². The van der Waals surface area contributed by atoms with Crippen LogP contribution >= 0.6 is 0 Å². The highest BCUT2D eigenvalue weighted by Gasteiger charge is 2.07. The lowest BCUT2D eigenvalue weighted by atomic mass is 10.1. The molecule has 27 heavy (non-hydrogen) atoms. The van der Waals surface area contributed by atoms with Crippen molar-refractivity contribution in [3.8, 4) is 11.5 Å². The average molecular weight is 369 g/mol. The van der Waals surface area contributed by atoms with Crippen molar-refractivity contribution in [2.45, 2.75) is 26.7 Å². The molecule has 0 aliphatic heterocycles. The van der Waals surface area contributed by atoms with E-state index in [2.05, 4.69) is 15.8 Å². The second-order valence-electron chi connectivity index (χ2n) is 6.07. The summed E-state index contributed by atoms with van der Waals surface area (Å²) >= 11 is 0. The number of ether oxygens (including phenoxy) is 1. The van der Waals surface area contributed by atoms with Gasteiger partial charge in [0.2, 0.25) is 11.8 Å². The molecule has 3 N–H and O–H groups in total. The molecule has 0 heterocycles. The summed E-state index contributed by atoms with van der Waals surface area (Å²) in [5.74, 6) is -0.269. The van der Waals surface area contributed by atoms with Gasteiger partial charge in [0.1, 0.15) is 0 Å². The number of nitrogens with zero attached hydrogens (tertiary/aromatic N) is 1. The molecule has 0 bridgehead atoms. The van der Waals surface area contributed by atoms with Crippen LogP contribution < -0.4 is 15.5 Å². The quantitative estimate of drug-likeness (QED) is 0.516. The highest BCUT2D eigenvalue weighted by Crippen LogP contribution is 2.25. The first kappa shape index (κ1) is 20.0. The second-order valence-corrected chi connectivity index (χ2v) is 6.07. The Bertz CT molecular complexity index is 862. The fraction of sp³-hybridized carbons (Fsp3) is 0.250. The zero-order valence-corrected chi connectivity index (χ0v) is 15.6. The topological polar surface area (TPSA) is 100 Å². The molecule has 7 heteroatoms. The molecule has 0 aromatic heterocycles. The molecule has 0 fully saturated rings. The third kappa shape index (κ3) is 6.14. The van der Waals surface area contributed by atoms with Crippen LogP contribution in [-0.4, -0.2) is 30.2 Å². The minimum absolute atomic E-state index is 0.0207. The largest absolute Gasteiger partial charge is 0.504 e. The van der Waals surface area contributed by atoms with Gasteiger partial charge in [-0.2, -0.15) is 5.10 Å². The highest BCUT2D eigenvalue weighted by molar-refractivity contribution is 5.93. The number of phenolic OH excluding ortho intramolecular Hbond substituents is 1. The molecule has 2 aromatic carbocycles. The van der Waals surface area contributed by atoms with Gasteiger partial charge in [0, 0.05) is 18.5 Å². The normalized spacial score (nSPS) is 10.6. The number of carbonyl (C=O) groups is 2. The number of hydrogen-bond donors (Lipinski definition) is 3. The van der Waals surface area contributed by atoms with Crippen LogP contribution in [0.15, 0.2) is 41.5 Å². The van der Waals surface area contributed by atoms with E-state index in [1.165, 1.54) is 19.4 Å². The lowest BCUT2D eigenvalue weighted by molar-refractivity contribution is -0.124. The molecule has 2 amide bonds. The number of aryl methyl sites for hydroxylation is 2. The molecule has 0 spiro atoms. The van der Waals surface area contributed by atoms with Gasteiger partial charge in [-0.25, -0.2) is 5.43 Å². The van der Waals surface area contributed by atoms with Gasteiger partial charge in [-0.3, -0.25) is 9.59 Å². The number of hydrogen-bond acceptors (Lipinski definition) is 5. The maximum atomic E-state index is 11.9. The Balaban J connectivity index is 1.78. The lowest BCUT2D eigenvalue weighted by Gasteiger charge is -2.07. The van der Waals surface area contributed by atoms with Crippen LogP contribution in [0.4, 0.5) is 5.69 Å². The summed E-state index contributed by atoms with van der Waals surface area (Å²) in [6.07, 6.45) is 1.50. The molecule has 0 unspecified atom stereocenters. The number of nitrogens with one attached hydrogen (secondary N) is 2.